The summed E-state index contributed by atoms with van der Waals surface area (Å²) in [5.41, 5.74) is 0.596. The van der Waals surface area contributed by atoms with Gasteiger partial charge in [-0.2, -0.15) is 0 Å². The summed E-state index contributed by atoms with van der Waals surface area (Å²) >= 11 is 1.52. The Balaban J connectivity index is 1.48. The maximum Gasteiger partial charge on any atom is 0.313 e. The van der Waals surface area contributed by atoms with Crippen molar-refractivity contribution in [3.8, 4) is 0 Å². The second-order valence-electron chi connectivity index (χ2n) is 6.46. The zero-order valence-corrected chi connectivity index (χ0v) is 16.3. The smallest absolute Gasteiger partial charge is 0.313 e. The number of carbonyl (C=O) groups is 3. The molecule has 0 bridgehead atoms. The van der Waals surface area contributed by atoms with Crippen molar-refractivity contribution in [3.63, 3.8) is 0 Å². The lowest BCUT2D eigenvalue weighted by atomic mass is 10.3. The van der Waals surface area contributed by atoms with Gasteiger partial charge in [0, 0.05) is 35.8 Å². The molecule has 1 aliphatic rings. The molecule has 146 valence electrons. The van der Waals surface area contributed by atoms with Gasteiger partial charge in [0.2, 0.25) is 5.91 Å². The van der Waals surface area contributed by atoms with Crippen LogP contribution in [0.5, 0.6) is 0 Å². The number of rotatable bonds is 7. The predicted octanol–water partition coefficient (Wildman–Crippen LogP) is 2.91. The first-order valence-corrected chi connectivity index (χ1v) is 10.1. The minimum atomic E-state index is -0.696. The molecule has 3 rings (SSSR count). The summed E-state index contributed by atoms with van der Waals surface area (Å²) < 4.78 is 0. The number of benzene rings is 2. The first kappa shape index (κ1) is 19.9. The average molecular weight is 398 g/mol. The van der Waals surface area contributed by atoms with Crippen LogP contribution in [0.2, 0.25) is 0 Å². The molecule has 6 nitrogen and oxygen atoms in total. The Morgan fingerprint density at radius 2 is 1.75 bits per heavy atom. The number of anilines is 1. The summed E-state index contributed by atoms with van der Waals surface area (Å²) in [6, 6.07) is 17.2. The lowest BCUT2D eigenvalue weighted by Gasteiger charge is -2.15. The number of hydrogen-bond acceptors (Lipinski definition) is 4. The lowest BCUT2D eigenvalue weighted by molar-refractivity contribution is -0.136. The Morgan fingerprint density at radius 1 is 1.00 bits per heavy atom. The number of amides is 3. The third-order valence-electron chi connectivity index (χ3n) is 4.37. The highest BCUT2D eigenvalue weighted by molar-refractivity contribution is 7.99. The van der Waals surface area contributed by atoms with Crippen LogP contribution in [-0.4, -0.2) is 42.3 Å². The first-order valence-electron chi connectivity index (χ1n) is 9.32. The fourth-order valence-electron chi connectivity index (χ4n) is 2.95. The number of hydrogen-bond donors (Lipinski definition) is 2. The van der Waals surface area contributed by atoms with Gasteiger partial charge in [0.25, 0.3) is 0 Å². The van der Waals surface area contributed by atoms with Crippen LogP contribution >= 0.6 is 11.8 Å². The third-order valence-corrected chi connectivity index (χ3v) is 5.46. The molecule has 1 saturated heterocycles. The van der Waals surface area contributed by atoms with Crippen molar-refractivity contribution in [2.45, 2.75) is 29.1 Å². The Morgan fingerprint density at radius 3 is 2.50 bits per heavy atom. The molecule has 0 spiro atoms. The molecule has 1 heterocycles. The van der Waals surface area contributed by atoms with Crippen LogP contribution in [0, 0.1) is 0 Å². The van der Waals surface area contributed by atoms with E-state index in [1.165, 1.54) is 11.8 Å². The Kier molecular flexibility index (Phi) is 7.08. The average Bonchev–Trinajstić information content (AvgIpc) is 3.12. The highest BCUT2D eigenvalue weighted by Crippen LogP contribution is 2.33. The summed E-state index contributed by atoms with van der Waals surface area (Å²) in [6.07, 6.45) is 2.13. The van der Waals surface area contributed by atoms with Crippen molar-refractivity contribution >= 4 is 35.2 Å². The van der Waals surface area contributed by atoms with Gasteiger partial charge in [-0.15, -0.1) is 0 Å². The number of para-hydroxylation sites is 1. The summed E-state index contributed by atoms with van der Waals surface area (Å²) in [5, 5.41) is 5.30. The van der Waals surface area contributed by atoms with Crippen LogP contribution in [0.4, 0.5) is 5.69 Å². The van der Waals surface area contributed by atoms with Gasteiger partial charge >= 0.3 is 11.8 Å². The van der Waals surface area contributed by atoms with E-state index in [9.17, 15) is 14.4 Å². The largest absolute Gasteiger partial charge is 0.348 e. The highest BCUT2D eigenvalue weighted by Gasteiger charge is 2.20. The van der Waals surface area contributed by atoms with Crippen molar-refractivity contribution in [1.82, 2.24) is 10.2 Å². The van der Waals surface area contributed by atoms with Crippen molar-refractivity contribution in [3.05, 3.63) is 54.6 Å². The summed E-state index contributed by atoms with van der Waals surface area (Å²) in [4.78, 5) is 39.5. The molecule has 2 aromatic rings. The van der Waals surface area contributed by atoms with Crippen LogP contribution in [0.15, 0.2) is 64.4 Å². The monoisotopic (exact) mass is 397 g/mol. The molecule has 2 N–H and O–H groups in total. The van der Waals surface area contributed by atoms with E-state index in [4.69, 9.17) is 0 Å². The topological polar surface area (TPSA) is 78.5 Å². The van der Waals surface area contributed by atoms with Crippen LogP contribution in [0.1, 0.15) is 19.3 Å². The number of nitrogens with zero attached hydrogens (tertiary/aromatic N) is 1. The van der Waals surface area contributed by atoms with Crippen LogP contribution in [0.3, 0.4) is 0 Å². The van der Waals surface area contributed by atoms with Crippen molar-refractivity contribution < 1.29 is 14.4 Å². The third kappa shape index (κ3) is 5.60. The van der Waals surface area contributed by atoms with Gasteiger partial charge in [0.15, 0.2) is 0 Å². The molecule has 1 fully saturated rings. The van der Waals surface area contributed by atoms with Gasteiger partial charge in [-0.05, 0) is 37.1 Å². The molecule has 0 unspecified atom stereocenters. The van der Waals surface area contributed by atoms with Gasteiger partial charge < -0.3 is 15.5 Å². The number of likely N-dealkylation sites (tertiary alicyclic amines) is 1. The molecule has 3 amide bonds. The molecular formula is C21H23N3O3S. The van der Waals surface area contributed by atoms with Crippen LogP contribution in [0.25, 0.3) is 0 Å². The second kappa shape index (κ2) is 9.94. The van der Waals surface area contributed by atoms with Gasteiger partial charge in [0.1, 0.15) is 0 Å². The van der Waals surface area contributed by atoms with Gasteiger partial charge in [-0.3, -0.25) is 14.4 Å². The van der Waals surface area contributed by atoms with Crippen molar-refractivity contribution in [2.75, 3.05) is 25.0 Å². The standard InChI is InChI=1S/C21H23N3O3S/c25-19-12-6-14-24(19)15-7-13-22-20(26)21(27)23-17-10-4-5-11-18(17)28-16-8-2-1-3-9-16/h1-5,8-11H,6-7,12-15H2,(H,22,26)(H,23,27). The molecule has 0 aromatic heterocycles. The van der Waals surface area contributed by atoms with Crippen molar-refractivity contribution in [2.24, 2.45) is 0 Å². The van der Waals surface area contributed by atoms with Crippen LogP contribution in [-0.2, 0) is 14.4 Å². The van der Waals surface area contributed by atoms with Gasteiger partial charge in [-0.25, -0.2) is 0 Å². The maximum absolute atomic E-state index is 12.2. The predicted molar refractivity (Wildman–Crippen MR) is 109 cm³/mol. The zero-order valence-electron chi connectivity index (χ0n) is 15.5. The number of nitrogens with one attached hydrogen (secondary N) is 2. The Labute approximate surface area is 168 Å². The molecule has 0 aliphatic carbocycles. The summed E-state index contributed by atoms with van der Waals surface area (Å²) in [6.45, 7) is 1.75. The van der Waals surface area contributed by atoms with Gasteiger partial charge in [-0.1, -0.05) is 42.1 Å². The van der Waals surface area contributed by atoms with E-state index >= 15 is 0 Å². The second-order valence-corrected chi connectivity index (χ2v) is 7.57. The molecule has 0 radical (unpaired) electrons. The van der Waals surface area contributed by atoms with E-state index in [2.05, 4.69) is 10.6 Å². The van der Waals surface area contributed by atoms with E-state index in [0.29, 0.717) is 31.6 Å². The minimum Gasteiger partial charge on any atom is -0.348 e. The quantitative estimate of drug-likeness (QED) is 0.556. The highest BCUT2D eigenvalue weighted by atomic mass is 32.2. The molecule has 2 aromatic carbocycles. The lowest BCUT2D eigenvalue weighted by Crippen LogP contribution is -2.37. The minimum absolute atomic E-state index is 0.164. The fraction of sp³-hybridized carbons (Fsp3) is 0.286. The normalized spacial score (nSPS) is 13.4. The van der Waals surface area contributed by atoms with Gasteiger partial charge in [0.05, 0.1) is 5.69 Å². The van der Waals surface area contributed by atoms with E-state index in [1.807, 2.05) is 48.5 Å². The molecule has 0 atom stereocenters. The molecule has 0 saturated carbocycles. The van der Waals surface area contributed by atoms with E-state index < -0.39 is 11.8 Å². The van der Waals surface area contributed by atoms with Crippen molar-refractivity contribution in [1.29, 1.82) is 0 Å². The molecule has 28 heavy (non-hydrogen) atoms. The Hall–Kier alpha value is -2.80. The first-order chi connectivity index (χ1) is 13.6. The number of carbonyl (C=O) groups excluding carboxylic acids is 3. The van der Waals surface area contributed by atoms with Crippen LogP contribution < -0.4 is 10.6 Å². The van der Waals surface area contributed by atoms with E-state index in [0.717, 1.165) is 22.8 Å². The summed E-state index contributed by atoms with van der Waals surface area (Å²) in [7, 11) is 0. The SMILES string of the molecule is O=C(NCCCN1CCCC1=O)C(=O)Nc1ccccc1Sc1ccccc1. The fourth-order valence-corrected chi connectivity index (χ4v) is 3.87. The maximum atomic E-state index is 12.2. The zero-order chi connectivity index (χ0) is 19.8. The van der Waals surface area contributed by atoms with E-state index in [-0.39, 0.29) is 5.91 Å². The molecule has 1 aliphatic heterocycles. The summed E-state index contributed by atoms with van der Waals surface area (Å²) in [5.74, 6) is -1.21. The Bertz CT molecular complexity index is 842. The molecular weight excluding hydrogens is 374 g/mol. The molecule has 7 heteroatoms. The van der Waals surface area contributed by atoms with E-state index in [1.54, 1.807) is 11.0 Å².